The van der Waals surface area contributed by atoms with E-state index in [-0.39, 0.29) is 6.04 Å². The molecule has 0 aliphatic heterocycles. The molecule has 1 N–H and O–H groups in total. The Hall–Kier alpha value is 0.190. The molecule has 1 aromatic heterocycles. The van der Waals surface area contributed by atoms with Crippen molar-refractivity contribution in [3.63, 3.8) is 0 Å². The van der Waals surface area contributed by atoms with E-state index in [9.17, 15) is 0 Å². The van der Waals surface area contributed by atoms with Crippen LogP contribution in [0.2, 0.25) is 10.0 Å². The van der Waals surface area contributed by atoms with Gasteiger partial charge in [0.1, 0.15) is 0 Å². The molecule has 5 heteroatoms. The highest BCUT2D eigenvalue weighted by Gasteiger charge is 2.14. The molecular formula is C13H12Cl2INS. The van der Waals surface area contributed by atoms with Crippen LogP contribution in [0.1, 0.15) is 17.2 Å². The van der Waals surface area contributed by atoms with Crippen LogP contribution in [0.4, 0.5) is 0 Å². The summed E-state index contributed by atoms with van der Waals surface area (Å²) in [5.41, 5.74) is 2.37. The van der Waals surface area contributed by atoms with Crippen LogP contribution >= 0.6 is 57.1 Å². The monoisotopic (exact) mass is 411 g/mol. The Bertz CT molecular complexity index is 542. The van der Waals surface area contributed by atoms with Crippen molar-refractivity contribution in [3.8, 4) is 0 Å². The van der Waals surface area contributed by atoms with E-state index in [0.29, 0.717) is 0 Å². The van der Waals surface area contributed by atoms with Crippen LogP contribution in [0.15, 0.2) is 29.6 Å². The number of likely N-dealkylation sites (N-methyl/N-ethyl adjacent to an activating group) is 1. The van der Waals surface area contributed by atoms with Crippen LogP contribution in [0.3, 0.4) is 0 Å². The fourth-order valence-corrected chi connectivity index (χ4v) is 3.63. The van der Waals surface area contributed by atoms with E-state index in [1.807, 2.05) is 25.2 Å². The van der Waals surface area contributed by atoms with Crippen molar-refractivity contribution >= 4 is 57.1 Å². The average Bonchev–Trinajstić information content (AvgIpc) is 2.77. The van der Waals surface area contributed by atoms with Gasteiger partial charge in [-0.1, -0.05) is 23.2 Å². The second-order valence-electron chi connectivity index (χ2n) is 3.97. The molecule has 1 unspecified atom stereocenters. The Morgan fingerprint density at radius 3 is 2.72 bits per heavy atom. The molecular weight excluding hydrogens is 400 g/mol. The summed E-state index contributed by atoms with van der Waals surface area (Å²) in [7, 11) is 1.97. The first-order chi connectivity index (χ1) is 8.60. The van der Waals surface area contributed by atoms with Crippen molar-refractivity contribution < 1.29 is 0 Å². The Labute approximate surface area is 135 Å². The molecule has 2 rings (SSSR count). The van der Waals surface area contributed by atoms with Gasteiger partial charge >= 0.3 is 0 Å². The van der Waals surface area contributed by atoms with Crippen molar-refractivity contribution in [2.45, 2.75) is 12.5 Å². The molecule has 1 heterocycles. The van der Waals surface area contributed by atoms with Gasteiger partial charge in [-0.15, -0.1) is 11.3 Å². The fourth-order valence-electron chi connectivity index (χ4n) is 1.81. The minimum Gasteiger partial charge on any atom is -0.313 e. The second kappa shape index (κ2) is 6.57. The number of rotatable bonds is 4. The van der Waals surface area contributed by atoms with Crippen molar-refractivity contribution in [1.82, 2.24) is 5.32 Å². The lowest BCUT2D eigenvalue weighted by Crippen LogP contribution is -2.18. The van der Waals surface area contributed by atoms with Crippen LogP contribution in [0.25, 0.3) is 0 Å². The summed E-state index contributed by atoms with van der Waals surface area (Å²) in [5.74, 6) is 0. The Morgan fingerprint density at radius 2 is 2.11 bits per heavy atom. The van der Waals surface area contributed by atoms with Gasteiger partial charge in [0.05, 0.1) is 2.88 Å². The molecule has 18 heavy (non-hydrogen) atoms. The maximum Gasteiger partial charge on any atom is 0.0656 e. The van der Waals surface area contributed by atoms with Gasteiger partial charge in [0.2, 0.25) is 0 Å². The van der Waals surface area contributed by atoms with E-state index < -0.39 is 0 Å². The summed E-state index contributed by atoms with van der Waals surface area (Å²) in [6, 6.07) is 8.07. The van der Waals surface area contributed by atoms with Crippen LogP contribution in [-0.4, -0.2) is 7.05 Å². The van der Waals surface area contributed by atoms with Gasteiger partial charge in [-0.3, -0.25) is 0 Å². The largest absolute Gasteiger partial charge is 0.313 e. The maximum absolute atomic E-state index is 6.20. The first kappa shape index (κ1) is 14.6. The van der Waals surface area contributed by atoms with E-state index in [1.165, 1.54) is 8.45 Å². The Morgan fingerprint density at radius 1 is 1.33 bits per heavy atom. The molecule has 0 aliphatic carbocycles. The van der Waals surface area contributed by atoms with E-state index in [0.717, 1.165) is 22.0 Å². The van der Waals surface area contributed by atoms with Crippen molar-refractivity contribution in [2.24, 2.45) is 0 Å². The molecule has 96 valence electrons. The highest BCUT2D eigenvalue weighted by molar-refractivity contribution is 14.1. The summed E-state index contributed by atoms with van der Waals surface area (Å²) in [4.78, 5) is 0. The molecule has 0 aliphatic rings. The number of thiophene rings is 1. The fraction of sp³-hybridized carbons (Fsp3) is 0.231. The predicted octanol–water partition coefficient (Wildman–Crippen LogP) is 5.16. The summed E-state index contributed by atoms with van der Waals surface area (Å²) in [5, 5.41) is 7.00. The summed E-state index contributed by atoms with van der Waals surface area (Å²) in [6.45, 7) is 0. The molecule has 0 spiro atoms. The molecule has 1 nitrogen and oxygen atoms in total. The Kier molecular flexibility index (Phi) is 5.33. The third kappa shape index (κ3) is 3.61. The topological polar surface area (TPSA) is 12.0 Å². The number of halogens is 3. The zero-order chi connectivity index (χ0) is 13.1. The summed E-state index contributed by atoms with van der Waals surface area (Å²) < 4.78 is 1.29. The van der Waals surface area contributed by atoms with Crippen molar-refractivity contribution in [3.05, 3.63) is 53.7 Å². The predicted molar refractivity (Wildman–Crippen MR) is 89.0 cm³/mol. The van der Waals surface area contributed by atoms with Crippen LogP contribution in [0.5, 0.6) is 0 Å². The van der Waals surface area contributed by atoms with Crippen LogP contribution < -0.4 is 5.32 Å². The smallest absolute Gasteiger partial charge is 0.0656 e. The van der Waals surface area contributed by atoms with Gasteiger partial charge in [-0.25, -0.2) is 0 Å². The highest BCUT2D eigenvalue weighted by Crippen LogP contribution is 2.28. The number of hydrogen-bond acceptors (Lipinski definition) is 2. The van der Waals surface area contributed by atoms with E-state index in [4.69, 9.17) is 23.2 Å². The minimum absolute atomic E-state index is 0.265. The normalized spacial score (nSPS) is 12.7. The van der Waals surface area contributed by atoms with Gasteiger partial charge in [0.25, 0.3) is 0 Å². The van der Waals surface area contributed by atoms with Gasteiger partial charge in [0, 0.05) is 16.1 Å². The first-order valence-electron chi connectivity index (χ1n) is 5.45. The lowest BCUT2D eigenvalue weighted by Gasteiger charge is -2.16. The van der Waals surface area contributed by atoms with E-state index in [2.05, 4.69) is 39.4 Å². The standard InChI is InChI=1S/C13H12Cl2INS/c1-17-12(9-6-13(16)18-7-9)5-8-4-10(14)2-3-11(8)15/h2-4,6-7,12,17H,5H2,1H3. The number of benzene rings is 1. The lowest BCUT2D eigenvalue weighted by molar-refractivity contribution is 0.594. The third-order valence-electron chi connectivity index (χ3n) is 2.77. The van der Waals surface area contributed by atoms with Gasteiger partial charge in [-0.05, 0) is 76.8 Å². The second-order valence-corrected chi connectivity index (χ2v) is 7.61. The van der Waals surface area contributed by atoms with Gasteiger partial charge < -0.3 is 5.32 Å². The van der Waals surface area contributed by atoms with Crippen LogP contribution in [-0.2, 0) is 6.42 Å². The van der Waals surface area contributed by atoms with Gasteiger partial charge in [0.15, 0.2) is 0 Å². The molecule has 1 atom stereocenters. The molecule has 0 radical (unpaired) electrons. The molecule has 0 amide bonds. The molecule has 0 bridgehead atoms. The zero-order valence-electron chi connectivity index (χ0n) is 9.71. The Balaban J connectivity index is 2.22. The van der Waals surface area contributed by atoms with Gasteiger partial charge in [-0.2, -0.15) is 0 Å². The third-order valence-corrected chi connectivity index (χ3v) is 5.18. The number of hydrogen-bond donors (Lipinski definition) is 1. The van der Waals surface area contributed by atoms with E-state index in [1.54, 1.807) is 11.3 Å². The lowest BCUT2D eigenvalue weighted by atomic mass is 10.0. The summed E-state index contributed by atoms with van der Waals surface area (Å²) in [6.07, 6.45) is 0.836. The zero-order valence-corrected chi connectivity index (χ0v) is 14.2. The average molecular weight is 412 g/mol. The molecule has 0 saturated heterocycles. The minimum atomic E-state index is 0.265. The number of nitrogens with one attached hydrogen (secondary N) is 1. The first-order valence-corrected chi connectivity index (χ1v) is 8.16. The molecule has 0 saturated carbocycles. The highest BCUT2D eigenvalue weighted by atomic mass is 127. The van der Waals surface area contributed by atoms with E-state index >= 15 is 0 Å². The van der Waals surface area contributed by atoms with Crippen molar-refractivity contribution in [1.29, 1.82) is 0 Å². The van der Waals surface area contributed by atoms with Crippen molar-refractivity contribution in [2.75, 3.05) is 7.05 Å². The molecule has 1 aromatic carbocycles. The molecule has 2 aromatic rings. The summed E-state index contributed by atoms with van der Waals surface area (Å²) >= 11 is 16.3. The maximum atomic E-state index is 6.20. The van der Waals surface area contributed by atoms with Crippen LogP contribution in [0, 0.1) is 2.88 Å². The SMILES string of the molecule is CNC(Cc1cc(Cl)ccc1Cl)c1csc(I)c1. The molecule has 0 fully saturated rings. The quantitative estimate of drug-likeness (QED) is 0.685.